The fourth-order valence-electron chi connectivity index (χ4n) is 1.34. The van der Waals surface area contributed by atoms with Crippen molar-refractivity contribution >= 4 is 23.9 Å². The molecule has 0 heterocycles. The van der Waals surface area contributed by atoms with Crippen molar-refractivity contribution in [2.75, 3.05) is 13.1 Å². The summed E-state index contributed by atoms with van der Waals surface area (Å²) in [5.74, 6) is -5.25. The van der Waals surface area contributed by atoms with Gasteiger partial charge in [-0.15, -0.1) is 0 Å². The number of rotatable bonds is 11. The SMILES string of the molecule is O=C(O)CC(NCCN[C@@H](CC(=O)O)C(=O)O)C(=O)O. The molecule has 2 atom stereocenters. The Morgan fingerprint density at radius 3 is 1.20 bits per heavy atom. The Labute approximate surface area is 113 Å². The molecule has 0 amide bonds. The molecule has 0 radical (unpaired) electrons. The average molecular weight is 292 g/mol. The van der Waals surface area contributed by atoms with E-state index in [9.17, 15) is 19.2 Å². The lowest BCUT2D eigenvalue weighted by atomic mass is 10.2. The molecular formula is C10H16N2O8. The van der Waals surface area contributed by atoms with Crippen LogP contribution in [0.4, 0.5) is 0 Å². The van der Waals surface area contributed by atoms with Gasteiger partial charge in [0.1, 0.15) is 12.1 Å². The van der Waals surface area contributed by atoms with Gasteiger partial charge in [-0.25, -0.2) is 0 Å². The van der Waals surface area contributed by atoms with E-state index < -0.39 is 48.8 Å². The van der Waals surface area contributed by atoms with Gasteiger partial charge in [-0.1, -0.05) is 0 Å². The normalized spacial score (nSPS) is 13.4. The van der Waals surface area contributed by atoms with Crippen LogP contribution in [-0.2, 0) is 19.2 Å². The summed E-state index contributed by atoms with van der Waals surface area (Å²) in [7, 11) is 0. The molecule has 0 aromatic carbocycles. The zero-order valence-electron chi connectivity index (χ0n) is 10.4. The molecular weight excluding hydrogens is 276 g/mol. The second-order valence-corrected chi connectivity index (χ2v) is 3.89. The third-order valence-electron chi connectivity index (χ3n) is 2.26. The minimum absolute atomic E-state index is 0.0202. The lowest BCUT2D eigenvalue weighted by molar-refractivity contribution is -0.146. The first kappa shape index (κ1) is 17.8. The number of carbonyl (C=O) groups is 4. The number of aliphatic carboxylic acids is 4. The Hall–Kier alpha value is -2.20. The molecule has 20 heavy (non-hydrogen) atoms. The highest BCUT2D eigenvalue weighted by Gasteiger charge is 2.22. The number of nitrogens with one attached hydrogen (secondary N) is 2. The van der Waals surface area contributed by atoms with Gasteiger partial charge in [0.25, 0.3) is 0 Å². The number of hydrogen-bond acceptors (Lipinski definition) is 6. The maximum atomic E-state index is 10.7. The molecule has 0 rings (SSSR count). The summed E-state index contributed by atoms with van der Waals surface area (Å²) < 4.78 is 0. The van der Waals surface area contributed by atoms with Crippen LogP contribution in [0, 0.1) is 0 Å². The summed E-state index contributed by atoms with van der Waals surface area (Å²) in [6.07, 6.45) is -1.24. The highest BCUT2D eigenvalue weighted by molar-refractivity contribution is 5.81. The van der Waals surface area contributed by atoms with Crippen LogP contribution >= 0.6 is 0 Å². The zero-order chi connectivity index (χ0) is 15.7. The highest BCUT2D eigenvalue weighted by Crippen LogP contribution is 1.94. The van der Waals surface area contributed by atoms with Gasteiger partial charge in [0.15, 0.2) is 0 Å². The average Bonchev–Trinajstić information content (AvgIpc) is 2.29. The van der Waals surface area contributed by atoms with Gasteiger partial charge >= 0.3 is 23.9 Å². The van der Waals surface area contributed by atoms with Crippen LogP contribution in [0.3, 0.4) is 0 Å². The summed E-state index contributed by atoms with van der Waals surface area (Å²) >= 11 is 0. The molecule has 6 N–H and O–H groups in total. The second kappa shape index (κ2) is 8.82. The van der Waals surface area contributed by atoms with Crippen molar-refractivity contribution in [1.82, 2.24) is 10.6 Å². The van der Waals surface area contributed by atoms with Crippen LogP contribution in [0.25, 0.3) is 0 Å². The topological polar surface area (TPSA) is 173 Å². The van der Waals surface area contributed by atoms with Crippen molar-refractivity contribution in [2.24, 2.45) is 0 Å². The first-order chi connectivity index (χ1) is 9.23. The lowest BCUT2D eigenvalue weighted by Crippen LogP contribution is -2.45. The van der Waals surface area contributed by atoms with E-state index >= 15 is 0 Å². The maximum absolute atomic E-state index is 10.7. The maximum Gasteiger partial charge on any atom is 0.321 e. The Morgan fingerprint density at radius 2 is 1.00 bits per heavy atom. The third kappa shape index (κ3) is 8.00. The van der Waals surface area contributed by atoms with E-state index in [4.69, 9.17) is 20.4 Å². The Balaban J connectivity index is 4.13. The predicted octanol–water partition coefficient (Wildman–Crippen LogP) is -1.98. The Kier molecular flexibility index (Phi) is 7.85. The van der Waals surface area contributed by atoms with Crippen LogP contribution < -0.4 is 10.6 Å². The van der Waals surface area contributed by atoms with E-state index in [1.165, 1.54) is 0 Å². The summed E-state index contributed by atoms with van der Waals surface area (Å²) in [5, 5.41) is 39.2. The number of carboxylic acids is 4. The summed E-state index contributed by atoms with van der Waals surface area (Å²) in [6, 6.07) is -2.59. The molecule has 0 aliphatic heterocycles. The molecule has 114 valence electrons. The van der Waals surface area contributed by atoms with Gasteiger partial charge < -0.3 is 31.1 Å². The molecule has 0 saturated carbocycles. The van der Waals surface area contributed by atoms with E-state index in [2.05, 4.69) is 10.6 Å². The fraction of sp³-hybridized carbons (Fsp3) is 0.600. The van der Waals surface area contributed by atoms with Gasteiger partial charge in [-0.2, -0.15) is 0 Å². The molecule has 0 saturated heterocycles. The zero-order valence-corrected chi connectivity index (χ0v) is 10.4. The van der Waals surface area contributed by atoms with Crippen LogP contribution in [0.15, 0.2) is 0 Å². The molecule has 1 unspecified atom stereocenters. The quantitative estimate of drug-likeness (QED) is 0.234. The van der Waals surface area contributed by atoms with Crippen molar-refractivity contribution in [2.45, 2.75) is 24.9 Å². The minimum atomic E-state index is -1.34. The molecule has 0 fully saturated rings. The Bertz CT molecular complexity index is 347. The molecule has 0 aliphatic rings. The first-order valence-corrected chi connectivity index (χ1v) is 5.60. The van der Waals surface area contributed by atoms with E-state index in [-0.39, 0.29) is 13.1 Å². The molecule has 0 aromatic heterocycles. The minimum Gasteiger partial charge on any atom is -0.481 e. The van der Waals surface area contributed by atoms with Crippen LogP contribution in [0.5, 0.6) is 0 Å². The standard InChI is InChI=1S/C10H16N2O8/c13-7(14)3-5(9(17)18)11-1-2-12-6(10(19)20)4-8(15)16/h5-6,11-12H,1-4H2,(H,13,14)(H,15,16)(H,17,18)(H,19,20)/t5-,6?/m0/s1. The van der Waals surface area contributed by atoms with Gasteiger partial charge in [0.05, 0.1) is 12.8 Å². The van der Waals surface area contributed by atoms with E-state index in [0.717, 1.165) is 0 Å². The van der Waals surface area contributed by atoms with Crippen LogP contribution in [0.2, 0.25) is 0 Å². The lowest BCUT2D eigenvalue weighted by Gasteiger charge is -2.15. The van der Waals surface area contributed by atoms with E-state index in [1.54, 1.807) is 0 Å². The molecule has 10 heteroatoms. The largest absolute Gasteiger partial charge is 0.481 e. The first-order valence-electron chi connectivity index (χ1n) is 5.60. The summed E-state index contributed by atoms with van der Waals surface area (Å²) in [6.45, 7) is -0.0404. The molecule has 0 spiro atoms. The fourth-order valence-corrected chi connectivity index (χ4v) is 1.34. The van der Waals surface area contributed by atoms with Gasteiger partial charge in [0.2, 0.25) is 0 Å². The number of carboxylic acid groups (broad SMARTS) is 4. The molecule has 0 bridgehead atoms. The predicted molar refractivity (Wildman–Crippen MR) is 63.4 cm³/mol. The molecule has 0 aromatic rings. The van der Waals surface area contributed by atoms with Crippen molar-refractivity contribution in [1.29, 1.82) is 0 Å². The van der Waals surface area contributed by atoms with Crippen LogP contribution in [-0.4, -0.2) is 69.5 Å². The summed E-state index contributed by atoms with van der Waals surface area (Å²) in [4.78, 5) is 42.2. The van der Waals surface area contributed by atoms with Gasteiger partial charge in [-0.05, 0) is 0 Å². The van der Waals surface area contributed by atoms with Crippen LogP contribution in [0.1, 0.15) is 12.8 Å². The third-order valence-corrected chi connectivity index (χ3v) is 2.26. The van der Waals surface area contributed by atoms with Crippen molar-refractivity contribution < 1.29 is 39.6 Å². The van der Waals surface area contributed by atoms with E-state index in [0.29, 0.717) is 0 Å². The van der Waals surface area contributed by atoms with E-state index in [1.807, 2.05) is 0 Å². The van der Waals surface area contributed by atoms with Gasteiger partial charge in [-0.3, -0.25) is 19.2 Å². The second-order valence-electron chi connectivity index (χ2n) is 3.89. The van der Waals surface area contributed by atoms with Crippen molar-refractivity contribution in [3.8, 4) is 0 Å². The van der Waals surface area contributed by atoms with Crippen molar-refractivity contribution in [3.63, 3.8) is 0 Å². The van der Waals surface area contributed by atoms with Gasteiger partial charge in [0, 0.05) is 13.1 Å². The summed E-state index contributed by atoms with van der Waals surface area (Å²) in [5.41, 5.74) is 0. The monoisotopic (exact) mass is 292 g/mol. The Morgan fingerprint density at radius 1 is 0.700 bits per heavy atom. The molecule has 0 aliphatic carbocycles. The van der Waals surface area contributed by atoms with Crippen molar-refractivity contribution in [3.05, 3.63) is 0 Å². The number of hydrogen-bond donors (Lipinski definition) is 6. The molecule has 10 nitrogen and oxygen atoms in total. The highest BCUT2D eigenvalue weighted by atomic mass is 16.4. The smallest absolute Gasteiger partial charge is 0.321 e.